The summed E-state index contributed by atoms with van der Waals surface area (Å²) in [6.07, 6.45) is 4.04. The lowest BCUT2D eigenvalue weighted by atomic mass is 10.3. The number of nitrogen functional groups attached to an aromatic ring is 1. The van der Waals surface area contributed by atoms with Gasteiger partial charge in [0.15, 0.2) is 0 Å². The van der Waals surface area contributed by atoms with Crippen LogP contribution in [0.4, 0.5) is 10.1 Å². The van der Waals surface area contributed by atoms with Gasteiger partial charge in [-0.2, -0.15) is 0 Å². The summed E-state index contributed by atoms with van der Waals surface area (Å²) >= 11 is 1.54. The van der Waals surface area contributed by atoms with Crippen LogP contribution in [-0.4, -0.2) is 9.38 Å². The van der Waals surface area contributed by atoms with Crippen molar-refractivity contribution in [2.24, 2.45) is 0 Å². The molecule has 0 aliphatic heterocycles. The molecular weight excluding hydrogens is 273 g/mol. The first kappa shape index (κ1) is 13.0. The number of aryl methyl sites for hydroxylation is 1. The number of hydrogen-bond acceptors (Lipinski definition) is 3. The average Bonchev–Trinajstić information content (AvgIpc) is 2.82. The molecule has 5 heteroatoms. The second-order valence-electron chi connectivity index (χ2n) is 4.68. The molecule has 0 bridgehead atoms. The highest BCUT2D eigenvalue weighted by Crippen LogP contribution is 2.25. The number of fused-ring (bicyclic) bond motifs is 1. The summed E-state index contributed by atoms with van der Waals surface area (Å²) in [6.45, 7) is 2.05. The molecule has 2 N–H and O–H groups in total. The van der Waals surface area contributed by atoms with Crippen molar-refractivity contribution in [3.05, 3.63) is 59.8 Å². The number of thioether (sulfide) groups is 1. The van der Waals surface area contributed by atoms with Crippen molar-refractivity contribution in [2.45, 2.75) is 17.6 Å². The molecule has 0 spiro atoms. The Kier molecular flexibility index (Phi) is 3.36. The Morgan fingerprint density at radius 3 is 2.90 bits per heavy atom. The van der Waals surface area contributed by atoms with Crippen LogP contribution in [0.5, 0.6) is 0 Å². The molecule has 2 heterocycles. The third kappa shape index (κ3) is 2.63. The lowest BCUT2D eigenvalue weighted by molar-refractivity contribution is 0.629. The molecule has 0 aliphatic rings. The quantitative estimate of drug-likeness (QED) is 0.590. The van der Waals surface area contributed by atoms with E-state index in [9.17, 15) is 4.39 Å². The van der Waals surface area contributed by atoms with E-state index in [1.54, 1.807) is 17.8 Å². The number of rotatable bonds is 3. The molecule has 0 unspecified atom stereocenters. The number of anilines is 1. The van der Waals surface area contributed by atoms with E-state index in [0.29, 0.717) is 5.75 Å². The number of benzene rings is 1. The van der Waals surface area contributed by atoms with Gasteiger partial charge in [-0.3, -0.25) is 0 Å². The maximum Gasteiger partial charge on any atom is 0.147 e. The van der Waals surface area contributed by atoms with Gasteiger partial charge in [-0.05, 0) is 36.8 Å². The molecule has 0 aliphatic carbocycles. The zero-order valence-corrected chi connectivity index (χ0v) is 11.8. The van der Waals surface area contributed by atoms with E-state index in [2.05, 4.69) is 4.98 Å². The summed E-state index contributed by atoms with van der Waals surface area (Å²) < 4.78 is 15.4. The monoisotopic (exact) mass is 287 g/mol. The second-order valence-corrected chi connectivity index (χ2v) is 5.72. The fourth-order valence-electron chi connectivity index (χ4n) is 1.98. The number of nitrogens with zero attached hydrogens (tertiary/aromatic N) is 2. The zero-order chi connectivity index (χ0) is 14.1. The minimum absolute atomic E-state index is 0.178. The van der Waals surface area contributed by atoms with Gasteiger partial charge in [-0.15, -0.1) is 11.8 Å². The minimum Gasteiger partial charge on any atom is -0.396 e. The molecule has 2 aromatic heterocycles. The Labute approximate surface area is 120 Å². The summed E-state index contributed by atoms with van der Waals surface area (Å²) in [5, 5.41) is 0. The fraction of sp³-hybridized carbons (Fsp3) is 0.133. The van der Waals surface area contributed by atoms with Gasteiger partial charge in [0.25, 0.3) is 0 Å². The van der Waals surface area contributed by atoms with Gasteiger partial charge >= 0.3 is 0 Å². The van der Waals surface area contributed by atoms with Crippen LogP contribution < -0.4 is 5.73 Å². The van der Waals surface area contributed by atoms with Crippen LogP contribution in [0.25, 0.3) is 5.65 Å². The van der Waals surface area contributed by atoms with Gasteiger partial charge in [-0.25, -0.2) is 9.37 Å². The maximum absolute atomic E-state index is 13.4. The predicted octanol–water partition coefficient (Wildman–Crippen LogP) is 3.66. The topological polar surface area (TPSA) is 43.3 Å². The fourth-order valence-corrected chi connectivity index (χ4v) is 2.78. The van der Waals surface area contributed by atoms with E-state index >= 15 is 0 Å². The number of imidazole rings is 1. The predicted molar refractivity (Wildman–Crippen MR) is 80.3 cm³/mol. The molecule has 3 nitrogen and oxygen atoms in total. The van der Waals surface area contributed by atoms with Crippen LogP contribution in [0.15, 0.2) is 47.6 Å². The first-order valence-electron chi connectivity index (χ1n) is 6.24. The molecule has 0 fully saturated rings. The number of nitrogens with two attached hydrogens (primary N) is 1. The van der Waals surface area contributed by atoms with Crippen molar-refractivity contribution >= 4 is 23.1 Å². The zero-order valence-electron chi connectivity index (χ0n) is 11.0. The second kappa shape index (κ2) is 5.17. The Balaban J connectivity index is 1.77. The van der Waals surface area contributed by atoms with Gasteiger partial charge in [0.05, 0.1) is 11.4 Å². The Hall–Kier alpha value is -2.01. The highest BCUT2D eigenvalue weighted by Gasteiger charge is 2.05. The molecule has 20 heavy (non-hydrogen) atoms. The van der Waals surface area contributed by atoms with Crippen molar-refractivity contribution in [3.8, 4) is 0 Å². The lowest BCUT2D eigenvalue weighted by Gasteiger charge is -2.01. The van der Waals surface area contributed by atoms with Gasteiger partial charge < -0.3 is 10.1 Å². The largest absolute Gasteiger partial charge is 0.396 e. The van der Waals surface area contributed by atoms with Crippen molar-refractivity contribution < 1.29 is 4.39 Å². The maximum atomic E-state index is 13.4. The number of aromatic nitrogens is 2. The summed E-state index contributed by atoms with van der Waals surface area (Å²) in [6, 6.07) is 8.90. The van der Waals surface area contributed by atoms with Crippen LogP contribution in [-0.2, 0) is 5.75 Å². The normalized spacial score (nSPS) is 11.1. The Morgan fingerprint density at radius 1 is 1.25 bits per heavy atom. The lowest BCUT2D eigenvalue weighted by Crippen LogP contribution is -1.90. The molecule has 0 saturated heterocycles. The third-order valence-corrected chi connectivity index (χ3v) is 4.03. The molecular formula is C15H14FN3S. The molecule has 3 rings (SSSR count). The molecule has 0 saturated carbocycles. The number of hydrogen-bond donors (Lipinski definition) is 1. The number of pyridine rings is 1. The highest BCUT2D eigenvalue weighted by atomic mass is 32.2. The molecule has 0 atom stereocenters. The van der Waals surface area contributed by atoms with Crippen LogP contribution in [0.3, 0.4) is 0 Å². The van der Waals surface area contributed by atoms with Crippen molar-refractivity contribution in [1.82, 2.24) is 9.38 Å². The summed E-state index contributed by atoms with van der Waals surface area (Å²) in [5.41, 5.74) is 8.72. The first-order chi connectivity index (χ1) is 9.61. The molecule has 0 radical (unpaired) electrons. The average molecular weight is 287 g/mol. The van der Waals surface area contributed by atoms with Gasteiger partial charge in [0, 0.05) is 23.0 Å². The van der Waals surface area contributed by atoms with Crippen LogP contribution >= 0.6 is 11.8 Å². The van der Waals surface area contributed by atoms with E-state index in [1.165, 1.54) is 11.6 Å². The first-order valence-corrected chi connectivity index (χ1v) is 7.22. The van der Waals surface area contributed by atoms with Crippen LogP contribution in [0.1, 0.15) is 11.3 Å². The summed E-state index contributed by atoms with van der Waals surface area (Å²) in [5.74, 6) is 0.324. The van der Waals surface area contributed by atoms with E-state index in [0.717, 1.165) is 16.2 Å². The SMILES string of the molecule is Cc1ccc2nc(CSc3ccc(N)c(F)c3)cn2c1. The Bertz CT molecular complexity index is 767. The standard InChI is InChI=1S/C15H14FN3S/c1-10-2-5-15-18-11(8-19(15)7-10)9-20-12-3-4-14(17)13(16)6-12/h2-8H,9,17H2,1H3. The van der Waals surface area contributed by atoms with E-state index < -0.39 is 0 Å². The summed E-state index contributed by atoms with van der Waals surface area (Å²) in [4.78, 5) is 5.38. The molecule has 0 amide bonds. The van der Waals surface area contributed by atoms with E-state index in [1.807, 2.05) is 41.9 Å². The van der Waals surface area contributed by atoms with E-state index in [-0.39, 0.29) is 11.5 Å². The van der Waals surface area contributed by atoms with Crippen molar-refractivity contribution in [3.63, 3.8) is 0 Å². The van der Waals surface area contributed by atoms with E-state index in [4.69, 9.17) is 5.73 Å². The van der Waals surface area contributed by atoms with Crippen molar-refractivity contribution in [2.75, 3.05) is 5.73 Å². The third-order valence-electron chi connectivity index (χ3n) is 3.01. The van der Waals surface area contributed by atoms with Gasteiger partial charge in [0.1, 0.15) is 11.5 Å². The molecule has 102 valence electrons. The van der Waals surface area contributed by atoms with Crippen molar-refractivity contribution in [1.29, 1.82) is 0 Å². The van der Waals surface area contributed by atoms with Crippen LogP contribution in [0, 0.1) is 12.7 Å². The minimum atomic E-state index is -0.374. The van der Waals surface area contributed by atoms with Gasteiger partial charge in [0.2, 0.25) is 0 Å². The highest BCUT2D eigenvalue weighted by molar-refractivity contribution is 7.98. The van der Waals surface area contributed by atoms with Gasteiger partial charge in [-0.1, -0.05) is 6.07 Å². The smallest absolute Gasteiger partial charge is 0.147 e. The summed E-state index contributed by atoms with van der Waals surface area (Å²) in [7, 11) is 0. The molecule has 1 aromatic carbocycles. The number of halogens is 1. The van der Waals surface area contributed by atoms with Crippen LogP contribution in [0.2, 0.25) is 0 Å². The molecule has 3 aromatic rings. The Morgan fingerprint density at radius 2 is 2.10 bits per heavy atom.